The molecule has 1 aliphatic heterocycles. The van der Waals surface area contributed by atoms with E-state index in [1.807, 2.05) is 0 Å². The highest BCUT2D eigenvalue weighted by Crippen LogP contribution is 2.19. The minimum Gasteiger partial charge on any atom is -0.368 e. The van der Waals surface area contributed by atoms with Gasteiger partial charge in [-0.1, -0.05) is 13.3 Å². The third-order valence-corrected chi connectivity index (χ3v) is 2.88. The molecule has 4 N–H and O–H groups in total. The zero-order valence-corrected chi connectivity index (χ0v) is 8.37. The van der Waals surface area contributed by atoms with Gasteiger partial charge in [0, 0.05) is 13.1 Å². The van der Waals surface area contributed by atoms with E-state index in [0.29, 0.717) is 5.96 Å². The average Bonchev–Trinajstić information content (AvgIpc) is 2.41. The lowest BCUT2D eigenvalue weighted by Gasteiger charge is -2.20. The summed E-state index contributed by atoms with van der Waals surface area (Å²) in [5.41, 5.74) is 5.65. The van der Waals surface area contributed by atoms with E-state index >= 15 is 0 Å². The first-order valence-corrected chi connectivity index (χ1v) is 5.06. The van der Waals surface area contributed by atoms with E-state index in [2.05, 4.69) is 16.9 Å². The van der Waals surface area contributed by atoms with Gasteiger partial charge in [-0.05, 0) is 25.2 Å². The van der Waals surface area contributed by atoms with Crippen LogP contribution >= 0.6 is 0 Å². The van der Waals surface area contributed by atoms with E-state index in [9.17, 15) is 0 Å². The quantitative estimate of drug-likeness (QED) is 0.273. The minimum absolute atomic E-state index is 0.483. The predicted molar refractivity (Wildman–Crippen MR) is 55.0 cm³/mol. The molecule has 0 bridgehead atoms. The molecule has 0 spiro atoms. The van der Waals surface area contributed by atoms with Crippen LogP contribution in [0.25, 0.3) is 0 Å². The van der Waals surface area contributed by atoms with Gasteiger partial charge in [-0.15, -0.1) is 5.10 Å². The van der Waals surface area contributed by atoms with Crippen molar-refractivity contribution in [2.75, 3.05) is 13.1 Å². The molecule has 0 aromatic carbocycles. The molecule has 76 valence electrons. The van der Waals surface area contributed by atoms with Crippen molar-refractivity contribution in [1.82, 2.24) is 4.90 Å². The molecule has 0 aromatic heterocycles. The van der Waals surface area contributed by atoms with Crippen LogP contribution in [0.4, 0.5) is 0 Å². The van der Waals surface area contributed by atoms with Crippen LogP contribution in [0.1, 0.15) is 32.6 Å². The molecule has 1 rings (SSSR count). The van der Waals surface area contributed by atoms with Crippen LogP contribution in [0.2, 0.25) is 0 Å². The second-order valence-electron chi connectivity index (χ2n) is 3.68. The lowest BCUT2D eigenvalue weighted by molar-refractivity contribution is 0.408. The molecule has 1 fully saturated rings. The third-order valence-electron chi connectivity index (χ3n) is 2.88. The summed E-state index contributed by atoms with van der Waals surface area (Å²) < 4.78 is 0. The third kappa shape index (κ3) is 2.79. The van der Waals surface area contributed by atoms with Crippen molar-refractivity contribution in [3.63, 3.8) is 0 Å². The fourth-order valence-corrected chi connectivity index (χ4v) is 1.88. The molecule has 1 heterocycles. The summed E-state index contributed by atoms with van der Waals surface area (Å²) in [5.74, 6) is 6.48. The SMILES string of the molecule is CCC1CCCN(/C(N)=N/N)CC1. The molecule has 4 heteroatoms. The Labute approximate surface area is 80.0 Å². The van der Waals surface area contributed by atoms with E-state index in [1.54, 1.807) is 0 Å². The van der Waals surface area contributed by atoms with Crippen molar-refractivity contribution >= 4 is 5.96 Å². The van der Waals surface area contributed by atoms with Crippen LogP contribution in [0, 0.1) is 5.92 Å². The van der Waals surface area contributed by atoms with Crippen LogP contribution in [0.3, 0.4) is 0 Å². The Balaban J connectivity index is 2.44. The summed E-state index contributed by atoms with van der Waals surface area (Å²) in [6, 6.07) is 0. The zero-order chi connectivity index (χ0) is 9.68. The van der Waals surface area contributed by atoms with Gasteiger partial charge >= 0.3 is 0 Å². The summed E-state index contributed by atoms with van der Waals surface area (Å²) in [5, 5.41) is 3.53. The maximum atomic E-state index is 5.65. The first-order chi connectivity index (χ1) is 6.27. The number of likely N-dealkylation sites (tertiary alicyclic amines) is 1. The highest BCUT2D eigenvalue weighted by atomic mass is 15.3. The van der Waals surface area contributed by atoms with E-state index in [1.165, 1.54) is 25.7 Å². The number of hydrogen-bond donors (Lipinski definition) is 2. The van der Waals surface area contributed by atoms with Gasteiger partial charge in [0.25, 0.3) is 0 Å². The Hall–Kier alpha value is -0.930. The summed E-state index contributed by atoms with van der Waals surface area (Å²) in [4.78, 5) is 2.08. The first kappa shape index (κ1) is 10.2. The second-order valence-corrected chi connectivity index (χ2v) is 3.68. The molecule has 0 amide bonds. The number of guanidine groups is 1. The van der Waals surface area contributed by atoms with Gasteiger partial charge in [0.15, 0.2) is 0 Å². The Morgan fingerprint density at radius 2 is 2.23 bits per heavy atom. The monoisotopic (exact) mass is 184 g/mol. The number of nitrogens with zero attached hydrogens (tertiary/aromatic N) is 2. The fourth-order valence-electron chi connectivity index (χ4n) is 1.88. The number of hydrazone groups is 1. The Morgan fingerprint density at radius 1 is 1.46 bits per heavy atom. The Morgan fingerprint density at radius 3 is 2.85 bits per heavy atom. The van der Waals surface area contributed by atoms with Crippen molar-refractivity contribution < 1.29 is 0 Å². The van der Waals surface area contributed by atoms with Gasteiger partial charge in [-0.2, -0.15) is 0 Å². The summed E-state index contributed by atoms with van der Waals surface area (Å²) >= 11 is 0. The van der Waals surface area contributed by atoms with Crippen LogP contribution < -0.4 is 11.6 Å². The van der Waals surface area contributed by atoms with E-state index in [-0.39, 0.29) is 0 Å². The molecule has 1 aliphatic rings. The minimum atomic E-state index is 0.483. The van der Waals surface area contributed by atoms with Crippen LogP contribution in [-0.4, -0.2) is 23.9 Å². The number of nitrogens with two attached hydrogens (primary N) is 2. The van der Waals surface area contributed by atoms with Crippen molar-refractivity contribution in [2.24, 2.45) is 22.6 Å². The standard InChI is InChI=1S/C9H20N4/c1-2-8-4-3-6-13(7-5-8)9(10)12-11/h8H,2-7,11H2,1H3,(H2,10,12). The zero-order valence-electron chi connectivity index (χ0n) is 8.37. The van der Waals surface area contributed by atoms with Crippen molar-refractivity contribution in [2.45, 2.75) is 32.6 Å². The predicted octanol–water partition coefficient (Wildman–Crippen LogP) is 0.687. The maximum Gasteiger partial charge on any atom is 0.213 e. The maximum absolute atomic E-state index is 5.65. The van der Waals surface area contributed by atoms with Crippen LogP contribution in [-0.2, 0) is 0 Å². The molecule has 1 saturated heterocycles. The molecular formula is C9H20N4. The van der Waals surface area contributed by atoms with Gasteiger partial charge in [0.1, 0.15) is 0 Å². The van der Waals surface area contributed by atoms with Crippen molar-refractivity contribution in [3.05, 3.63) is 0 Å². The second kappa shape index (κ2) is 4.94. The van der Waals surface area contributed by atoms with E-state index in [4.69, 9.17) is 11.6 Å². The van der Waals surface area contributed by atoms with Gasteiger partial charge in [0.2, 0.25) is 5.96 Å². The van der Waals surface area contributed by atoms with E-state index < -0.39 is 0 Å². The Bertz CT molecular complexity index is 178. The van der Waals surface area contributed by atoms with Gasteiger partial charge in [0.05, 0.1) is 0 Å². The smallest absolute Gasteiger partial charge is 0.213 e. The number of hydrogen-bond acceptors (Lipinski definition) is 2. The molecule has 0 aliphatic carbocycles. The molecule has 1 atom stereocenters. The molecule has 0 aromatic rings. The largest absolute Gasteiger partial charge is 0.368 e. The topological polar surface area (TPSA) is 67.6 Å². The molecular weight excluding hydrogens is 164 g/mol. The normalized spacial score (nSPS) is 25.8. The molecule has 0 radical (unpaired) electrons. The Kier molecular flexibility index (Phi) is 3.86. The van der Waals surface area contributed by atoms with Gasteiger partial charge < -0.3 is 16.5 Å². The highest BCUT2D eigenvalue weighted by Gasteiger charge is 2.16. The lowest BCUT2D eigenvalue weighted by atomic mass is 9.98. The molecule has 1 unspecified atom stereocenters. The molecule has 4 nitrogen and oxygen atoms in total. The highest BCUT2D eigenvalue weighted by molar-refractivity contribution is 5.77. The van der Waals surface area contributed by atoms with Crippen LogP contribution in [0.15, 0.2) is 5.10 Å². The van der Waals surface area contributed by atoms with Crippen molar-refractivity contribution in [3.8, 4) is 0 Å². The lowest BCUT2D eigenvalue weighted by Crippen LogP contribution is -2.38. The summed E-state index contributed by atoms with van der Waals surface area (Å²) in [7, 11) is 0. The van der Waals surface area contributed by atoms with Gasteiger partial charge in [-0.3, -0.25) is 0 Å². The fraction of sp³-hybridized carbons (Fsp3) is 0.889. The molecule has 13 heavy (non-hydrogen) atoms. The number of rotatable bonds is 1. The van der Waals surface area contributed by atoms with E-state index in [0.717, 1.165) is 19.0 Å². The van der Waals surface area contributed by atoms with Crippen LogP contribution in [0.5, 0.6) is 0 Å². The van der Waals surface area contributed by atoms with Gasteiger partial charge in [-0.25, -0.2) is 0 Å². The average molecular weight is 184 g/mol. The first-order valence-electron chi connectivity index (χ1n) is 5.06. The summed E-state index contributed by atoms with van der Waals surface area (Å²) in [6.07, 6.45) is 5.00. The van der Waals surface area contributed by atoms with Crippen molar-refractivity contribution in [1.29, 1.82) is 0 Å². The molecule has 0 saturated carbocycles. The summed E-state index contributed by atoms with van der Waals surface area (Å²) in [6.45, 7) is 4.26.